The summed E-state index contributed by atoms with van der Waals surface area (Å²) < 4.78 is 35.2. The molecule has 0 aromatic rings. The highest BCUT2D eigenvalue weighted by atomic mass is 32.2. The lowest BCUT2D eigenvalue weighted by Crippen LogP contribution is -2.36. The second-order valence-electron chi connectivity index (χ2n) is 3.45. The predicted octanol–water partition coefficient (Wildman–Crippen LogP) is 3.15. The molecule has 0 aliphatic rings. The number of thioether (sulfide) groups is 1. The smallest absolute Gasteiger partial charge is 0.325 e. The normalized spacial score (nSPS) is 17.1. The quantitative estimate of drug-likeness (QED) is 0.762. The molecule has 1 unspecified atom stereocenters. The SMILES string of the molecule is CCCC(C)(N)CCSC(F)(F)F. The molecular weight excluding hydrogens is 199 g/mol. The van der Waals surface area contributed by atoms with E-state index in [1.807, 2.05) is 6.92 Å². The summed E-state index contributed by atoms with van der Waals surface area (Å²) in [5, 5.41) is 0. The van der Waals surface area contributed by atoms with E-state index in [0.717, 1.165) is 12.8 Å². The first-order chi connectivity index (χ1) is 5.77. The fourth-order valence-electron chi connectivity index (χ4n) is 1.10. The fourth-order valence-corrected chi connectivity index (χ4v) is 1.90. The Balaban J connectivity index is 3.63. The lowest BCUT2D eigenvalue weighted by Gasteiger charge is -2.23. The van der Waals surface area contributed by atoms with Crippen LogP contribution in [0.15, 0.2) is 0 Å². The van der Waals surface area contributed by atoms with Gasteiger partial charge in [0.05, 0.1) is 0 Å². The van der Waals surface area contributed by atoms with Crippen molar-refractivity contribution in [2.75, 3.05) is 5.75 Å². The summed E-state index contributed by atoms with van der Waals surface area (Å²) in [7, 11) is 0. The molecule has 0 amide bonds. The number of nitrogens with two attached hydrogens (primary N) is 1. The van der Waals surface area contributed by atoms with E-state index in [9.17, 15) is 13.2 Å². The molecule has 0 saturated carbocycles. The van der Waals surface area contributed by atoms with Crippen LogP contribution in [-0.2, 0) is 0 Å². The molecule has 5 heteroatoms. The zero-order valence-corrected chi connectivity index (χ0v) is 8.76. The van der Waals surface area contributed by atoms with E-state index in [4.69, 9.17) is 5.73 Å². The third-order valence-electron chi connectivity index (χ3n) is 1.76. The molecular formula is C8H16F3NS. The molecule has 0 spiro atoms. The third kappa shape index (κ3) is 8.43. The van der Waals surface area contributed by atoms with Crippen molar-refractivity contribution < 1.29 is 13.2 Å². The van der Waals surface area contributed by atoms with Gasteiger partial charge in [0.15, 0.2) is 0 Å². The van der Waals surface area contributed by atoms with Crippen molar-refractivity contribution in [1.29, 1.82) is 0 Å². The molecule has 13 heavy (non-hydrogen) atoms. The molecule has 0 aromatic carbocycles. The van der Waals surface area contributed by atoms with E-state index in [0.29, 0.717) is 6.42 Å². The van der Waals surface area contributed by atoms with Gasteiger partial charge in [0.25, 0.3) is 0 Å². The fraction of sp³-hybridized carbons (Fsp3) is 1.00. The Labute approximate surface area is 81.3 Å². The van der Waals surface area contributed by atoms with Gasteiger partial charge < -0.3 is 5.73 Å². The molecule has 0 aliphatic carbocycles. The van der Waals surface area contributed by atoms with Crippen LogP contribution < -0.4 is 5.73 Å². The Kier molecular flexibility index (Phi) is 5.14. The first-order valence-electron chi connectivity index (χ1n) is 4.26. The molecule has 0 aromatic heterocycles. The van der Waals surface area contributed by atoms with Gasteiger partial charge in [0.1, 0.15) is 0 Å². The predicted molar refractivity (Wildman–Crippen MR) is 50.6 cm³/mol. The van der Waals surface area contributed by atoms with E-state index in [1.54, 1.807) is 6.92 Å². The maximum Gasteiger partial charge on any atom is 0.441 e. The second-order valence-corrected chi connectivity index (χ2v) is 4.61. The number of alkyl halides is 3. The summed E-state index contributed by atoms with van der Waals surface area (Å²) in [5.74, 6) is 0.0521. The topological polar surface area (TPSA) is 26.0 Å². The van der Waals surface area contributed by atoms with Crippen LogP contribution in [0.25, 0.3) is 0 Å². The van der Waals surface area contributed by atoms with Gasteiger partial charge in [-0.1, -0.05) is 25.1 Å². The molecule has 0 saturated heterocycles. The van der Waals surface area contributed by atoms with Crippen LogP contribution in [0.4, 0.5) is 13.2 Å². The van der Waals surface area contributed by atoms with Gasteiger partial charge in [-0.3, -0.25) is 0 Å². The average molecular weight is 215 g/mol. The zero-order valence-electron chi connectivity index (χ0n) is 7.95. The van der Waals surface area contributed by atoms with E-state index >= 15 is 0 Å². The van der Waals surface area contributed by atoms with Crippen LogP contribution in [0.5, 0.6) is 0 Å². The minimum atomic E-state index is -4.12. The zero-order chi connectivity index (χ0) is 10.5. The van der Waals surface area contributed by atoms with Crippen LogP contribution in [0.2, 0.25) is 0 Å². The Bertz CT molecular complexity index is 145. The van der Waals surface area contributed by atoms with Crippen molar-refractivity contribution in [2.24, 2.45) is 5.73 Å². The molecule has 0 aliphatic heterocycles. The van der Waals surface area contributed by atoms with Gasteiger partial charge in [0.2, 0.25) is 0 Å². The van der Waals surface area contributed by atoms with Crippen molar-refractivity contribution in [2.45, 2.75) is 44.2 Å². The first-order valence-corrected chi connectivity index (χ1v) is 5.25. The molecule has 2 N–H and O–H groups in total. The van der Waals surface area contributed by atoms with Crippen LogP contribution in [0, 0.1) is 0 Å². The van der Waals surface area contributed by atoms with Crippen molar-refractivity contribution in [1.82, 2.24) is 0 Å². The molecule has 0 fully saturated rings. The minimum Gasteiger partial charge on any atom is -0.325 e. The van der Waals surface area contributed by atoms with Crippen LogP contribution in [0.1, 0.15) is 33.1 Å². The Morgan fingerprint density at radius 1 is 1.23 bits per heavy atom. The summed E-state index contributed by atoms with van der Waals surface area (Å²) in [5.41, 5.74) is 1.20. The summed E-state index contributed by atoms with van der Waals surface area (Å²) in [4.78, 5) is 0. The Morgan fingerprint density at radius 2 is 1.77 bits per heavy atom. The largest absolute Gasteiger partial charge is 0.441 e. The summed E-state index contributed by atoms with van der Waals surface area (Å²) in [6.07, 6.45) is 2.08. The van der Waals surface area contributed by atoms with Gasteiger partial charge in [-0.05, 0) is 19.8 Å². The highest BCUT2D eigenvalue weighted by Crippen LogP contribution is 2.31. The first kappa shape index (κ1) is 13.1. The Morgan fingerprint density at radius 3 is 2.15 bits per heavy atom. The molecule has 0 rings (SSSR count). The van der Waals surface area contributed by atoms with Crippen molar-refractivity contribution in [3.8, 4) is 0 Å². The number of hydrogen-bond donors (Lipinski definition) is 1. The third-order valence-corrected chi connectivity index (χ3v) is 2.50. The van der Waals surface area contributed by atoms with E-state index in [-0.39, 0.29) is 17.5 Å². The van der Waals surface area contributed by atoms with Gasteiger partial charge >= 0.3 is 5.51 Å². The molecule has 0 bridgehead atoms. The summed E-state index contributed by atoms with van der Waals surface area (Å²) in [6, 6.07) is 0. The van der Waals surface area contributed by atoms with E-state index in [2.05, 4.69) is 0 Å². The molecule has 0 heterocycles. The average Bonchev–Trinajstić information content (AvgIpc) is 1.82. The highest BCUT2D eigenvalue weighted by Gasteiger charge is 2.29. The summed E-state index contributed by atoms with van der Waals surface area (Å²) in [6.45, 7) is 3.77. The van der Waals surface area contributed by atoms with E-state index in [1.165, 1.54) is 0 Å². The van der Waals surface area contributed by atoms with Crippen LogP contribution >= 0.6 is 11.8 Å². The maximum atomic E-state index is 11.7. The van der Waals surface area contributed by atoms with Crippen molar-refractivity contribution in [3.63, 3.8) is 0 Å². The van der Waals surface area contributed by atoms with Gasteiger partial charge in [-0.15, -0.1) is 0 Å². The van der Waals surface area contributed by atoms with Crippen molar-refractivity contribution in [3.05, 3.63) is 0 Å². The lowest BCUT2D eigenvalue weighted by atomic mass is 9.95. The number of halogens is 3. The Hall–Kier alpha value is 0.100. The van der Waals surface area contributed by atoms with Gasteiger partial charge in [-0.25, -0.2) is 0 Å². The highest BCUT2D eigenvalue weighted by molar-refractivity contribution is 8.00. The summed E-state index contributed by atoms with van der Waals surface area (Å²) >= 11 is 0.00630. The molecule has 1 nitrogen and oxygen atoms in total. The monoisotopic (exact) mass is 215 g/mol. The molecule has 0 radical (unpaired) electrons. The van der Waals surface area contributed by atoms with Gasteiger partial charge in [0, 0.05) is 11.3 Å². The molecule has 80 valence electrons. The minimum absolute atomic E-state index is 0.00630. The van der Waals surface area contributed by atoms with Crippen LogP contribution in [-0.4, -0.2) is 16.8 Å². The number of hydrogen-bond acceptors (Lipinski definition) is 2. The number of rotatable bonds is 5. The van der Waals surface area contributed by atoms with Crippen LogP contribution in [0.3, 0.4) is 0 Å². The van der Waals surface area contributed by atoms with Crippen molar-refractivity contribution >= 4 is 11.8 Å². The standard InChI is InChI=1S/C8H16F3NS/c1-3-4-7(2,12)5-6-13-8(9,10)11/h3-6,12H2,1-2H3. The lowest BCUT2D eigenvalue weighted by molar-refractivity contribution is -0.0328. The van der Waals surface area contributed by atoms with E-state index < -0.39 is 11.0 Å². The maximum absolute atomic E-state index is 11.7. The second kappa shape index (κ2) is 5.10. The molecule has 1 atom stereocenters. The van der Waals surface area contributed by atoms with Gasteiger partial charge in [-0.2, -0.15) is 13.2 Å².